The number of hydrogen-bond donors (Lipinski definition) is 0. The second-order valence-corrected chi connectivity index (χ2v) is 6.56. The van der Waals surface area contributed by atoms with Gasteiger partial charge < -0.3 is 0 Å². The molecule has 0 fully saturated rings. The zero-order valence-corrected chi connectivity index (χ0v) is 15.0. The lowest BCUT2D eigenvalue weighted by atomic mass is 10.1. The van der Waals surface area contributed by atoms with Crippen molar-refractivity contribution < 1.29 is 9.18 Å². The van der Waals surface area contributed by atoms with E-state index < -0.39 is 0 Å². The highest BCUT2D eigenvalue weighted by atomic mass is 32.2. The zero-order valence-electron chi connectivity index (χ0n) is 14.2. The summed E-state index contributed by atoms with van der Waals surface area (Å²) in [5.74, 6) is 0.481. The van der Waals surface area contributed by atoms with Gasteiger partial charge in [0.25, 0.3) is 0 Å². The summed E-state index contributed by atoms with van der Waals surface area (Å²) in [6, 6.07) is 8.08. The SMILES string of the molecule is C=CCn1c(SCC(=O)c2ccc(F)c(C)c2)nnc1-c1ccncc1. The third kappa shape index (κ3) is 3.88. The third-order valence-electron chi connectivity index (χ3n) is 3.78. The van der Waals surface area contributed by atoms with Gasteiger partial charge in [-0.25, -0.2) is 4.39 Å². The van der Waals surface area contributed by atoms with Gasteiger partial charge in [0.15, 0.2) is 16.8 Å². The summed E-state index contributed by atoms with van der Waals surface area (Å²) in [4.78, 5) is 16.4. The summed E-state index contributed by atoms with van der Waals surface area (Å²) in [7, 11) is 0. The number of halogens is 1. The number of pyridine rings is 1. The molecular weight excluding hydrogens is 351 g/mol. The molecule has 0 saturated heterocycles. The first-order chi connectivity index (χ1) is 12.6. The van der Waals surface area contributed by atoms with E-state index in [1.165, 1.54) is 23.9 Å². The average Bonchev–Trinajstić information content (AvgIpc) is 3.06. The summed E-state index contributed by atoms with van der Waals surface area (Å²) < 4.78 is 15.3. The molecule has 0 aliphatic carbocycles. The summed E-state index contributed by atoms with van der Waals surface area (Å²) in [6.07, 6.45) is 5.13. The van der Waals surface area contributed by atoms with Crippen LogP contribution in [0, 0.1) is 12.7 Å². The van der Waals surface area contributed by atoms with E-state index in [0.29, 0.717) is 28.7 Å². The van der Waals surface area contributed by atoms with Gasteiger partial charge in [0.2, 0.25) is 0 Å². The van der Waals surface area contributed by atoms with E-state index in [1.54, 1.807) is 31.5 Å². The highest BCUT2D eigenvalue weighted by Crippen LogP contribution is 2.24. The molecule has 0 saturated carbocycles. The van der Waals surface area contributed by atoms with Crippen molar-refractivity contribution in [2.24, 2.45) is 0 Å². The maximum atomic E-state index is 13.4. The van der Waals surface area contributed by atoms with E-state index in [9.17, 15) is 9.18 Å². The van der Waals surface area contributed by atoms with Crippen LogP contribution < -0.4 is 0 Å². The largest absolute Gasteiger partial charge is 0.298 e. The Labute approximate surface area is 155 Å². The summed E-state index contributed by atoms with van der Waals surface area (Å²) in [6.45, 7) is 5.94. The van der Waals surface area contributed by atoms with Crippen molar-refractivity contribution >= 4 is 17.5 Å². The van der Waals surface area contributed by atoms with Crippen LogP contribution in [0.5, 0.6) is 0 Å². The molecule has 0 amide bonds. The molecule has 132 valence electrons. The second kappa shape index (κ2) is 8.05. The molecule has 2 aromatic heterocycles. The molecule has 0 unspecified atom stereocenters. The Morgan fingerprint density at radius 1 is 1.27 bits per heavy atom. The number of hydrogen-bond acceptors (Lipinski definition) is 5. The molecule has 3 aromatic rings. The minimum Gasteiger partial charge on any atom is -0.298 e. The topological polar surface area (TPSA) is 60.7 Å². The van der Waals surface area contributed by atoms with Crippen molar-refractivity contribution in [3.63, 3.8) is 0 Å². The summed E-state index contributed by atoms with van der Waals surface area (Å²) >= 11 is 1.30. The van der Waals surface area contributed by atoms with Crippen molar-refractivity contribution in [3.8, 4) is 11.4 Å². The Hall–Kier alpha value is -2.80. The molecule has 0 atom stereocenters. The van der Waals surface area contributed by atoms with Crippen LogP contribution in [0.15, 0.2) is 60.5 Å². The van der Waals surface area contributed by atoms with Crippen LogP contribution in [0.3, 0.4) is 0 Å². The monoisotopic (exact) mass is 368 g/mol. The predicted octanol–water partition coefficient (Wildman–Crippen LogP) is 3.95. The smallest absolute Gasteiger partial charge is 0.192 e. The van der Waals surface area contributed by atoms with E-state index >= 15 is 0 Å². The number of carbonyl (C=O) groups is 1. The van der Waals surface area contributed by atoms with Crippen LogP contribution in [0.25, 0.3) is 11.4 Å². The quantitative estimate of drug-likeness (QED) is 0.359. The van der Waals surface area contributed by atoms with E-state index in [0.717, 1.165) is 5.56 Å². The molecular formula is C19H17FN4OS. The Morgan fingerprint density at radius 2 is 2.04 bits per heavy atom. The third-order valence-corrected chi connectivity index (χ3v) is 4.75. The van der Waals surface area contributed by atoms with Gasteiger partial charge in [-0.05, 0) is 42.8 Å². The minimum absolute atomic E-state index is 0.0864. The molecule has 0 aliphatic heterocycles. The lowest BCUT2D eigenvalue weighted by Gasteiger charge is -2.07. The number of rotatable bonds is 7. The van der Waals surface area contributed by atoms with Crippen LogP contribution in [0.1, 0.15) is 15.9 Å². The van der Waals surface area contributed by atoms with Gasteiger partial charge in [-0.15, -0.1) is 16.8 Å². The first-order valence-electron chi connectivity index (χ1n) is 7.97. The van der Waals surface area contributed by atoms with E-state index in [1.807, 2.05) is 16.7 Å². The number of aromatic nitrogens is 4. The first-order valence-corrected chi connectivity index (χ1v) is 8.95. The molecule has 3 rings (SSSR count). The van der Waals surface area contributed by atoms with Gasteiger partial charge in [-0.2, -0.15) is 0 Å². The van der Waals surface area contributed by atoms with Crippen LogP contribution in [0.4, 0.5) is 4.39 Å². The standard InChI is InChI=1S/C19H17FN4OS/c1-3-10-24-18(14-6-8-21-9-7-14)22-23-19(24)26-12-17(25)15-4-5-16(20)13(2)11-15/h3-9,11H,1,10,12H2,2H3. The lowest BCUT2D eigenvalue weighted by molar-refractivity contribution is 0.102. The number of thioether (sulfide) groups is 1. The number of carbonyl (C=O) groups excluding carboxylic acids is 1. The predicted molar refractivity (Wildman–Crippen MR) is 99.6 cm³/mol. The fourth-order valence-corrected chi connectivity index (χ4v) is 3.28. The highest BCUT2D eigenvalue weighted by Gasteiger charge is 2.16. The molecule has 0 spiro atoms. The van der Waals surface area contributed by atoms with Crippen LogP contribution >= 0.6 is 11.8 Å². The van der Waals surface area contributed by atoms with Gasteiger partial charge in [-0.3, -0.25) is 14.3 Å². The average molecular weight is 368 g/mol. The molecule has 0 aliphatic rings. The van der Waals surface area contributed by atoms with Crippen LogP contribution in [-0.2, 0) is 6.54 Å². The normalized spacial score (nSPS) is 10.7. The Morgan fingerprint density at radius 3 is 2.73 bits per heavy atom. The number of Topliss-reactive ketones (excluding diaryl/α,β-unsaturated/α-hetero) is 1. The van der Waals surface area contributed by atoms with Gasteiger partial charge >= 0.3 is 0 Å². The van der Waals surface area contributed by atoms with Crippen molar-refractivity contribution in [2.75, 3.05) is 5.75 Å². The number of benzene rings is 1. The van der Waals surface area contributed by atoms with Crippen LogP contribution in [0.2, 0.25) is 0 Å². The van der Waals surface area contributed by atoms with Crippen molar-refractivity contribution in [1.82, 2.24) is 19.7 Å². The zero-order chi connectivity index (χ0) is 18.5. The molecule has 1 aromatic carbocycles. The summed E-state index contributed by atoms with van der Waals surface area (Å²) in [5, 5.41) is 9.07. The molecule has 2 heterocycles. The van der Waals surface area contributed by atoms with Gasteiger partial charge in [-0.1, -0.05) is 17.8 Å². The first kappa shape index (κ1) is 18.0. The fraction of sp³-hybridized carbons (Fsp3) is 0.158. The summed E-state index contributed by atoms with van der Waals surface area (Å²) in [5.41, 5.74) is 1.83. The maximum Gasteiger partial charge on any atom is 0.192 e. The molecule has 0 bridgehead atoms. The minimum atomic E-state index is -0.318. The Kier molecular flexibility index (Phi) is 5.58. The maximum absolute atomic E-state index is 13.4. The second-order valence-electron chi connectivity index (χ2n) is 5.62. The van der Waals surface area contributed by atoms with Crippen molar-refractivity contribution in [2.45, 2.75) is 18.6 Å². The molecule has 7 heteroatoms. The fourth-order valence-electron chi connectivity index (χ4n) is 2.44. The lowest BCUT2D eigenvalue weighted by Crippen LogP contribution is -2.06. The molecule has 26 heavy (non-hydrogen) atoms. The number of allylic oxidation sites excluding steroid dienone is 1. The highest BCUT2D eigenvalue weighted by molar-refractivity contribution is 7.99. The van der Waals surface area contributed by atoms with E-state index in [-0.39, 0.29) is 17.4 Å². The molecule has 0 radical (unpaired) electrons. The van der Waals surface area contributed by atoms with Gasteiger partial charge in [0.05, 0.1) is 5.75 Å². The molecule has 0 N–H and O–H groups in total. The van der Waals surface area contributed by atoms with E-state index in [4.69, 9.17) is 0 Å². The number of nitrogens with zero attached hydrogens (tertiary/aromatic N) is 4. The number of ketones is 1. The van der Waals surface area contributed by atoms with E-state index in [2.05, 4.69) is 21.8 Å². The van der Waals surface area contributed by atoms with Crippen molar-refractivity contribution in [1.29, 1.82) is 0 Å². The molecule has 5 nitrogen and oxygen atoms in total. The van der Waals surface area contributed by atoms with Crippen LogP contribution in [-0.4, -0.2) is 31.3 Å². The Bertz CT molecular complexity index is 940. The van der Waals surface area contributed by atoms with Crippen molar-refractivity contribution in [3.05, 3.63) is 72.3 Å². The Balaban J connectivity index is 1.79. The van der Waals surface area contributed by atoms with Gasteiger partial charge in [0.1, 0.15) is 5.82 Å². The number of aryl methyl sites for hydroxylation is 1. The van der Waals surface area contributed by atoms with Gasteiger partial charge in [0, 0.05) is 30.1 Å².